The minimum atomic E-state index is -0.593. The summed E-state index contributed by atoms with van der Waals surface area (Å²) >= 11 is 0. The first-order valence-corrected chi connectivity index (χ1v) is 5.33. The zero-order chi connectivity index (χ0) is 12.1. The van der Waals surface area contributed by atoms with E-state index in [2.05, 4.69) is 5.32 Å². The second-order valence-electron chi connectivity index (χ2n) is 3.83. The van der Waals surface area contributed by atoms with Crippen LogP contribution in [0.4, 0.5) is 4.79 Å². The van der Waals surface area contributed by atoms with Crippen LogP contribution in [-0.2, 0) is 14.3 Å². The summed E-state index contributed by atoms with van der Waals surface area (Å²) < 4.78 is 10.2. The van der Waals surface area contributed by atoms with Gasteiger partial charge in [0.1, 0.15) is 6.04 Å². The molecule has 1 aliphatic heterocycles. The largest absolute Gasteiger partial charge is 0.447 e. The molecule has 1 fully saturated rings. The molecule has 0 saturated carbocycles. The van der Waals surface area contributed by atoms with Crippen molar-refractivity contribution in [3.8, 4) is 0 Å². The first-order valence-electron chi connectivity index (χ1n) is 5.33. The lowest BCUT2D eigenvalue weighted by Crippen LogP contribution is -2.55. The third-order valence-corrected chi connectivity index (χ3v) is 2.25. The van der Waals surface area contributed by atoms with Crippen molar-refractivity contribution >= 4 is 12.0 Å². The maximum absolute atomic E-state index is 11.7. The third kappa shape index (κ3) is 3.10. The predicted octanol–water partition coefficient (Wildman–Crippen LogP) is -0.0218. The average molecular weight is 230 g/mol. The van der Waals surface area contributed by atoms with Crippen LogP contribution in [0.25, 0.3) is 0 Å². The second-order valence-corrected chi connectivity index (χ2v) is 3.83. The number of likely N-dealkylation sites (N-methyl/N-ethyl adjacent to an activating group) is 1. The molecule has 1 atom stereocenters. The number of nitrogens with one attached hydrogen (secondary N) is 1. The summed E-state index contributed by atoms with van der Waals surface area (Å²) in [5.41, 5.74) is 0. The molecule has 1 aliphatic rings. The van der Waals surface area contributed by atoms with E-state index in [1.165, 1.54) is 11.9 Å². The lowest BCUT2D eigenvalue weighted by Gasteiger charge is -2.33. The number of rotatable bonds is 2. The molecule has 0 bridgehead atoms. The van der Waals surface area contributed by atoms with Crippen LogP contribution >= 0.6 is 0 Å². The molecular formula is C10H18N2O4. The quantitative estimate of drug-likeness (QED) is 0.723. The van der Waals surface area contributed by atoms with Crippen LogP contribution in [0, 0.1) is 0 Å². The highest BCUT2D eigenvalue weighted by Gasteiger charge is 2.33. The van der Waals surface area contributed by atoms with E-state index < -0.39 is 12.1 Å². The molecule has 16 heavy (non-hydrogen) atoms. The summed E-state index contributed by atoms with van der Waals surface area (Å²) in [6.07, 6.45) is -0.660. The lowest BCUT2D eigenvalue weighted by atomic mass is 10.2. The smallest absolute Gasteiger partial charge is 0.410 e. The average Bonchev–Trinajstić information content (AvgIpc) is 2.27. The van der Waals surface area contributed by atoms with Crippen LogP contribution in [0.15, 0.2) is 0 Å². The van der Waals surface area contributed by atoms with E-state index >= 15 is 0 Å². The molecule has 6 heteroatoms. The summed E-state index contributed by atoms with van der Waals surface area (Å²) in [4.78, 5) is 24.6. The molecule has 0 aromatic rings. The van der Waals surface area contributed by atoms with Crippen LogP contribution in [0.2, 0.25) is 0 Å². The van der Waals surface area contributed by atoms with E-state index in [1.54, 1.807) is 13.8 Å². The molecule has 1 unspecified atom stereocenters. The Balaban J connectivity index is 2.66. The van der Waals surface area contributed by atoms with E-state index in [9.17, 15) is 9.59 Å². The number of hydrogen-bond donors (Lipinski definition) is 1. The molecule has 0 aliphatic carbocycles. The van der Waals surface area contributed by atoms with Gasteiger partial charge in [0.05, 0.1) is 19.3 Å². The van der Waals surface area contributed by atoms with Gasteiger partial charge in [-0.25, -0.2) is 4.79 Å². The Morgan fingerprint density at radius 3 is 2.75 bits per heavy atom. The summed E-state index contributed by atoms with van der Waals surface area (Å²) in [6.45, 7) is 4.57. The number of amides is 2. The highest BCUT2D eigenvalue weighted by atomic mass is 16.6. The van der Waals surface area contributed by atoms with Crippen LogP contribution in [-0.4, -0.2) is 55.9 Å². The van der Waals surface area contributed by atoms with Crippen LogP contribution in [0.3, 0.4) is 0 Å². The van der Waals surface area contributed by atoms with Crippen molar-refractivity contribution in [2.75, 3.05) is 26.8 Å². The SMILES string of the molecule is CNC(=O)C1COCCN1C(=O)OC(C)C. The van der Waals surface area contributed by atoms with E-state index in [-0.39, 0.29) is 18.6 Å². The van der Waals surface area contributed by atoms with Crippen molar-refractivity contribution < 1.29 is 19.1 Å². The van der Waals surface area contributed by atoms with Crippen LogP contribution in [0.5, 0.6) is 0 Å². The first kappa shape index (κ1) is 12.8. The molecule has 6 nitrogen and oxygen atoms in total. The predicted molar refractivity (Wildman–Crippen MR) is 57.0 cm³/mol. The molecule has 0 aromatic heterocycles. The topological polar surface area (TPSA) is 67.9 Å². The number of carbonyl (C=O) groups excluding carboxylic acids is 2. The Morgan fingerprint density at radius 2 is 2.19 bits per heavy atom. The number of ether oxygens (including phenoxy) is 2. The zero-order valence-corrected chi connectivity index (χ0v) is 9.86. The normalized spacial score (nSPS) is 20.8. The summed E-state index contributed by atoms with van der Waals surface area (Å²) in [5.74, 6) is -0.236. The molecule has 2 amide bonds. The van der Waals surface area contributed by atoms with E-state index in [4.69, 9.17) is 9.47 Å². The van der Waals surface area contributed by atoms with Crippen LogP contribution < -0.4 is 5.32 Å². The molecule has 0 spiro atoms. The zero-order valence-electron chi connectivity index (χ0n) is 9.86. The van der Waals surface area contributed by atoms with Crippen molar-refractivity contribution in [2.24, 2.45) is 0 Å². The van der Waals surface area contributed by atoms with Gasteiger partial charge in [0, 0.05) is 13.6 Å². The van der Waals surface area contributed by atoms with Gasteiger partial charge in [-0.3, -0.25) is 9.69 Å². The lowest BCUT2D eigenvalue weighted by molar-refractivity contribution is -0.131. The maximum Gasteiger partial charge on any atom is 0.410 e. The van der Waals surface area contributed by atoms with Gasteiger partial charge in [-0.1, -0.05) is 0 Å². The monoisotopic (exact) mass is 230 g/mol. The molecule has 1 N–H and O–H groups in total. The Bertz CT molecular complexity index is 268. The minimum Gasteiger partial charge on any atom is -0.447 e. The van der Waals surface area contributed by atoms with E-state index in [1.807, 2.05) is 0 Å². The molecule has 0 radical (unpaired) electrons. The highest BCUT2D eigenvalue weighted by Crippen LogP contribution is 2.10. The van der Waals surface area contributed by atoms with Gasteiger partial charge < -0.3 is 14.8 Å². The molecule has 1 rings (SSSR count). The molecule has 92 valence electrons. The fourth-order valence-corrected chi connectivity index (χ4v) is 1.48. The Labute approximate surface area is 94.9 Å². The number of carbonyl (C=O) groups is 2. The van der Waals surface area contributed by atoms with Crippen molar-refractivity contribution in [2.45, 2.75) is 26.0 Å². The Morgan fingerprint density at radius 1 is 1.50 bits per heavy atom. The van der Waals surface area contributed by atoms with Gasteiger partial charge >= 0.3 is 6.09 Å². The van der Waals surface area contributed by atoms with Crippen molar-refractivity contribution in [3.05, 3.63) is 0 Å². The van der Waals surface area contributed by atoms with Gasteiger partial charge in [0.2, 0.25) is 5.91 Å². The minimum absolute atomic E-state index is 0.194. The van der Waals surface area contributed by atoms with Gasteiger partial charge in [-0.2, -0.15) is 0 Å². The van der Waals surface area contributed by atoms with Gasteiger partial charge in [-0.05, 0) is 13.8 Å². The third-order valence-electron chi connectivity index (χ3n) is 2.25. The molecule has 0 aromatic carbocycles. The molecular weight excluding hydrogens is 212 g/mol. The molecule has 1 heterocycles. The second kappa shape index (κ2) is 5.69. The summed E-state index contributed by atoms with van der Waals surface area (Å²) in [7, 11) is 1.53. The first-order chi connectivity index (χ1) is 7.56. The summed E-state index contributed by atoms with van der Waals surface area (Å²) in [5, 5.41) is 2.50. The Kier molecular flexibility index (Phi) is 4.54. The van der Waals surface area contributed by atoms with Crippen LogP contribution in [0.1, 0.15) is 13.8 Å². The fourth-order valence-electron chi connectivity index (χ4n) is 1.48. The van der Waals surface area contributed by atoms with Gasteiger partial charge in [0.25, 0.3) is 0 Å². The number of morpholine rings is 1. The van der Waals surface area contributed by atoms with E-state index in [0.717, 1.165) is 0 Å². The Hall–Kier alpha value is -1.30. The van der Waals surface area contributed by atoms with E-state index in [0.29, 0.717) is 13.2 Å². The maximum atomic E-state index is 11.7. The van der Waals surface area contributed by atoms with Gasteiger partial charge in [-0.15, -0.1) is 0 Å². The standard InChI is InChI=1S/C10H18N2O4/c1-7(2)16-10(14)12-4-5-15-6-8(12)9(13)11-3/h7-8H,4-6H2,1-3H3,(H,11,13). The highest BCUT2D eigenvalue weighted by molar-refractivity contribution is 5.85. The number of hydrogen-bond acceptors (Lipinski definition) is 4. The number of nitrogens with zero attached hydrogens (tertiary/aromatic N) is 1. The van der Waals surface area contributed by atoms with Crippen molar-refractivity contribution in [1.82, 2.24) is 10.2 Å². The fraction of sp³-hybridized carbons (Fsp3) is 0.800. The van der Waals surface area contributed by atoms with Crippen molar-refractivity contribution in [1.29, 1.82) is 0 Å². The molecule has 1 saturated heterocycles. The van der Waals surface area contributed by atoms with Crippen molar-refractivity contribution in [3.63, 3.8) is 0 Å². The van der Waals surface area contributed by atoms with Gasteiger partial charge in [0.15, 0.2) is 0 Å². The summed E-state index contributed by atoms with van der Waals surface area (Å²) in [6, 6.07) is -0.593.